The molecular formula is C22H36N4O. The van der Waals surface area contributed by atoms with Crippen LogP contribution in [0.4, 0.5) is 0 Å². The topological polar surface area (TPSA) is 48.9 Å². The zero-order valence-corrected chi connectivity index (χ0v) is 17.1. The normalized spacial score (nSPS) is 32.5. The molecule has 3 heterocycles. The fourth-order valence-corrected chi connectivity index (χ4v) is 5.47. The molecule has 2 atom stereocenters. The molecule has 0 aromatic rings. The van der Waals surface area contributed by atoms with Crippen molar-refractivity contribution in [3.05, 3.63) is 23.9 Å². The van der Waals surface area contributed by atoms with Crippen molar-refractivity contribution in [3.63, 3.8) is 0 Å². The molecule has 5 nitrogen and oxygen atoms in total. The second-order valence-corrected chi connectivity index (χ2v) is 9.05. The second kappa shape index (κ2) is 7.96. The number of dihydropyridines is 1. The van der Waals surface area contributed by atoms with Crippen LogP contribution in [0.15, 0.2) is 29.0 Å². The Morgan fingerprint density at radius 3 is 2.89 bits per heavy atom. The maximum absolute atomic E-state index is 6.37. The Balaban J connectivity index is 1.40. The first kappa shape index (κ1) is 19.0. The van der Waals surface area contributed by atoms with Gasteiger partial charge in [0.25, 0.3) is 0 Å². The number of hydrazone groups is 1. The number of nitrogens with zero attached hydrogens (tertiary/aromatic N) is 2. The highest BCUT2D eigenvalue weighted by molar-refractivity contribution is 5.87. The van der Waals surface area contributed by atoms with Gasteiger partial charge in [0, 0.05) is 50.3 Å². The molecule has 0 aromatic heterocycles. The fourth-order valence-electron chi connectivity index (χ4n) is 5.47. The zero-order valence-electron chi connectivity index (χ0n) is 17.1. The van der Waals surface area contributed by atoms with Crippen LogP contribution >= 0.6 is 0 Å². The third-order valence-electron chi connectivity index (χ3n) is 7.12. The molecule has 1 unspecified atom stereocenters. The van der Waals surface area contributed by atoms with Crippen LogP contribution in [0.1, 0.15) is 58.3 Å². The number of nitrogens with one attached hydrogen (secondary N) is 2. The van der Waals surface area contributed by atoms with Crippen molar-refractivity contribution in [2.45, 2.75) is 69.9 Å². The fraction of sp³-hybridized carbons (Fsp3) is 0.773. The molecule has 150 valence electrons. The number of hydrogen-bond donors (Lipinski definition) is 2. The maximum atomic E-state index is 6.37. The van der Waals surface area contributed by atoms with E-state index in [1.54, 1.807) is 0 Å². The van der Waals surface area contributed by atoms with Crippen LogP contribution in [-0.4, -0.2) is 55.7 Å². The minimum absolute atomic E-state index is 0.135. The van der Waals surface area contributed by atoms with Gasteiger partial charge in [-0.25, -0.2) is 0 Å². The van der Waals surface area contributed by atoms with E-state index in [0.29, 0.717) is 6.04 Å². The van der Waals surface area contributed by atoms with Gasteiger partial charge in [0.15, 0.2) is 0 Å². The highest BCUT2D eigenvalue weighted by Crippen LogP contribution is 2.51. The molecule has 1 saturated carbocycles. The molecule has 2 fully saturated rings. The Labute approximate surface area is 164 Å². The molecule has 0 bridgehead atoms. The highest BCUT2D eigenvalue weighted by Gasteiger charge is 2.48. The summed E-state index contributed by atoms with van der Waals surface area (Å²) in [5.41, 5.74) is 3.08. The van der Waals surface area contributed by atoms with Gasteiger partial charge in [0.05, 0.1) is 11.3 Å². The number of ether oxygens (including phenoxy) is 1. The molecule has 0 radical (unpaired) electrons. The second-order valence-electron chi connectivity index (χ2n) is 9.05. The summed E-state index contributed by atoms with van der Waals surface area (Å²) in [6, 6.07) is 0.536. The lowest BCUT2D eigenvalue weighted by Crippen LogP contribution is -2.48. The molecule has 1 saturated heterocycles. The lowest BCUT2D eigenvalue weighted by atomic mass is 9.67. The summed E-state index contributed by atoms with van der Waals surface area (Å²) in [5, 5.41) is 14.1. The standard InChI is InChI=1S/C22H36N4O/c1-18-15-19(25-26(18)2)16-23-13-10-21(20-7-3-6-12-24-20)11-14-27-22(17-21)8-4-5-9-22/h3,6-7,18,23-24H,4-5,8-17H2,1-2H3/t18?,21-/m1/s1. The van der Waals surface area contributed by atoms with Crippen LogP contribution in [0.25, 0.3) is 0 Å². The third kappa shape index (κ3) is 4.09. The quantitative estimate of drug-likeness (QED) is 0.703. The molecule has 1 aliphatic carbocycles. The first-order valence-corrected chi connectivity index (χ1v) is 10.9. The first-order valence-electron chi connectivity index (χ1n) is 10.9. The zero-order chi connectivity index (χ0) is 18.7. The summed E-state index contributed by atoms with van der Waals surface area (Å²) in [6.07, 6.45) is 16.4. The van der Waals surface area contributed by atoms with Crippen molar-refractivity contribution < 1.29 is 4.74 Å². The first-order chi connectivity index (χ1) is 13.1. The van der Waals surface area contributed by atoms with Crippen LogP contribution in [0.5, 0.6) is 0 Å². The van der Waals surface area contributed by atoms with E-state index in [-0.39, 0.29) is 11.0 Å². The summed E-state index contributed by atoms with van der Waals surface area (Å²) in [4.78, 5) is 0. The third-order valence-corrected chi connectivity index (χ3v) is 7.12. The van der Waals surface area contributed by atoms with E-state index in [4.69, 9.17) is 4.74 Å². The van der Waals surface area contributed by atoms with E-state index < -0.39 is 0 Å². The van der Waals surface area contributed by atoms with Gasteiger partial charge in [-0.1, -0.05) is 25.0 Å². The van der Waals surface area contributed by atoms with Gasteiger partial charge in [0.1, 0.15) is 0 Å². The molecule has 3 aliphatic heterocycles. The molecule has 4 rings (SSSR count). The summed E-state index contributed by atoms with van der Waals surface area (Å²) in [6.45, 7) is 6.05. The minimum Gasteiger partial charge on any atom is -0.384 e. The van der Waals surface area contributed by atoms with E-state index >= 15 is 0 Å². The predicted molar refractivity (Wildman–Crippen MR) is 111 cm³/mol. The van der Waals surface area contributed by atoms with Crippen LogP contribution in [-0.2, 0) is 4.74 Å². The molecule has 27 heavy (non-hydrogen) atoms. The van der Waals surface area contributed by atoms with E-state index in [1.165, 1.54) is 49.9 Å². The SMILES string of the molecule is CC1CC(CNCC[C@@]2(C3=CC=CCN3)CCOC3(CCCC3)C2)=NN1C. The molecular weight excluding hydrogens is 336 g/mol. The highest BCUT2D eigenvalue weighted by atomic mass is 16.5. The Bertz CT molecular complexity index is 620. The van der Waals surface area contributed by atoms with Crippen LogP contribution < -0.4 is 10.6 Å². The Kier molecular flexibility index (Phi) is 5.60. The lowest BCUT2D eigenvalue weighted by Gasteiger charge is -2.48. The minimum atomic E-state index is 0.135. The van der Waals surface area contributed by atoms with Crippen molar-refractivity contribution in [1.82, 2.24) is 15.6 Å². The van der Waals surface area contributed by atoms with Crippen LogP contribution in [0.2, 0.25) is 0 Å². The van der Waals surface area contributed by atoms with Crippen molar-refractivity contribution in [2.75, 3.05) is 33.3 Å². The monoisotopic (exact) mass is 372 g/mol. The van der Waals surface area contributed by atoms with Gasteiger partial charge < -0.3 is 15.4 Å². The van der Waals surface area contributed by atoms with Gasteiger partial charge >= 0.3 is 0 Å². The van der Waals surface area contributed by atoms with E-state index in [0.717, 1.165) is 39.1 Å². The Morgan fingerprint density at radius 2 is 2.19 bits per heavy atom. The Morgan fingerprint density at radius 1 is 1.33 bits per heavy atom. The van der Waals surface area contributed by atoms with E-state index in [1.807, 2.05) is 0 Å². The summed E-state index contributed by atoms with van der Waals surface area (Å²) in [5.74, 6) is 0. The maximum Gasteiger partial charge on any atom is 0.0691 e. The van der Waals surface area contributed by atoms with Gasteiger partial charge in [0.2, 0.25) is 0 Å². The van der Waals surface area contributed by atoms with Crippen LogP contribution in [0.3, 0.4) is 0 Å². The van der Waals surface area contributed by atoms with Gasteiger partial charge in [-0.05, 0) is 51.6 Å². The van der Waals surface area contributed by atoms with E-state index in [2.05, 4.69) is 52.9 Å². The van der Waals surface area contributed by atoms with Crippen molar-refractivity contribution in [3.8, 4) is 0 Å². The van der Waals surface area contributed by atoms with E-state index in [9.17, 15) is 0 Å². The van der Waals surface area contributed by atoms with Crippen LogP contribution in [0, 0.1) is 5.41 Å². The number of hydrogen-bond acceptors (Lipinski definition) is 5. The van der Waals surface area contributed by atoms with Crippen molar-refractivity contribution in [1.29, 1.82) is 0 Å². The number of allylic oxidation sites excluding steroid dienone is 3. The summed E-state index contributed by atoms with van der Waals surface area (Å²) in [7, 11) is 2.07. The smallest absolute Gasteiger partial charge is 0.0691 e. The summed E-state index contributed by atoms with van der Waals surface area (Å²) >= 11 is 0. The lowest BCUT2D eigenvalue weighted by molar-refractivity contribution is -0.116. The van der Waals surface area contributed by atoms with Gasteiger partial charge in [-0.3, -0.25) is 5.01 Å². The molecule has 0 aromatic carbocycles. The van der Waals surface area contributed by atoms with Gasteiger partial charge in [-0.15, -0.1) is 0 Å². The molecule has 2 N–H and O–H groups in total. The molecule has 1 spiro atoms. The average Bonchev–Trinajstić information content (AvgIpc) is 3.26. The number of rotatable bonds is 6. The largest absolute Gasteiger partial charge is 0.384 e. The Hall–Kier alpha value is -1.33. The summed E-state index contributed by atoms with van der Waals surface area (Å²) < 4.78 is 6.37. The molecule has 0 amide bonds. The molecule has 4 aliphatic rings. The van der Waals surface area contributed by atoms with Gasteiger partial charge in [-0.2, -0.15) is 5.10 Å². The predicted octanol–water partition coefficient (Wildman–Crippen LogP) is 3.20. The van der Waals surface area contributed by atoms with Crippen molar-refractivity contribution >= 4 is 5.71 Å². The average molecular weight is 373 g/mol. The molecule has 5 heteroatoms. The van der Waals surface area contributed by atoms with Crippen molar-refractivity contribution in [2.24, 2.45) is 10.5 Å².